The molecule has 0 bridgehead atoms. The van der Waals surface area contributed by atoms with Crippen LogP contribution in [-0.4, -0.2) is 76.9 Å². The van der Waals surface area contributed by atoms with Gasteiger partial charge >= 0.3 is 6.09 Å². The van der Waals surface area contributed by atoms with Crippen molar-refractivity contribution in [3.63, 3.8) is 0 Å². The number of rotatable bonds is 19. The van der Waals surface area contributed by atoms with Gasteiger partial charge in [-0.1, -0.05) is 78.7 Å². The maximum atomic E-state index is 14.6. The largest absolute Gasteiger partial charge is 0.508 e. The van der Waals surface area contributed by atoms with Crippen LogP contribution in [0.1, 0.15) is 75.3 Å². The van der Waals surface area contributed by atoms with E-state index < -0.39 is 23.8 Å². The Labute approximate surface area is 324 Å². The van der Waals surface area contributed by atoms with E-state index in [-0.39, 0.29) is 62.9 Å². The van der Waals surface area contributed by atoms with Crippen LogP contribution >= 0.6 is 0 Å². The number of unbranched alkanes of at least 4 members (excludes halogenated alkanes) is 2. The summed E-state index contributed by atoms with van der Waals surface area (Å²) in [6, 6.07) is 18.7. The molecule has 0 radical (unpaired) electrons. The Morgan fingerprint density at radius 3 is 2.56 bits per heavy atom. The number of benzene rings is 3. The maximum absolute atomic E-state index is 14.6. The molecule has 3 aromatic rings. The minimum absolute atomic E-state index is 0.0494. The van der Waals surface area contributed by atoms with Crippen molar-refractivity contribution in [2.75, 3.05) is 33.0 Å². The van der Waals surface area contributed by atoms with E-state index in [9.17, 15) is 20.1 Å². The van der Waals surface area contributed by atoms with E-state index in [2.05, 4.69) is 37.4 Å². The molecule has 1 aliphatic heterocycles. The van der Waals surface area contributed by atoms with Crippen molar-refractivity contribution >= 4 is 22.6 Å². The molecule has 1 saturated carbocycles. The molecule has 0 saturated heterocycles. The number of aromatic hydroxyl groups is 1. The number of ether oxygens (including phenoxy) is 3. The number of amides is 1. The first-order valence-electron chi connectivity index (χ1n) is 19.8. The zero-order chi connectivity index (χ0) is 38.8. The molecule has 0 spiro atoms. The van der Waals surface area contributed by atoms with Gasteiger partial charge in [-0.05, 0) is 91.0 Å². The van der Waals surface area contributed by atoms with Crippen molar-refractivity contribution in [2.24, 2.45) is 22.9 Å². The first kappa shape index (κ1) is 40.0. The highest BCUT2D eigenvalue weighted by molar-refractivity contribution is 6.03. The number of allylic oxidation sites excluding steroid dienone is 1. The molecular weight excluding hydrogens is 697 g/mol. The van der Waals surface area contributed by atoms with Gasteiger partial charge in [0.25, 0.3) is 0 Å². The van der Waals surface area contributed by atoms with E-state index >= 15 is 0 Å². The van der Waals surface area contributed by atoms with Gasteiger partial charge in [-0.25, -0.2) is 4.79 Å². The molecule has 1 fully saturated rings. The zero-order valence-electron chi connectivity index (χ0n) is 32.0. The lowest BCUT2D eigenvalue weighted by Gasteiger charge is -2.59. The summed E-state index contributed by atoms with van der Waals surface area (Å²) in [4.78, 5) is 22.2. The third-order valence-corrected chi connectivity index (χ3v) is 11.3. The predicted molar refractivity (Wildman–Crippen MR) is 214 cm³/mol. The summed E-state index contributed by atoms with van der Waals surface area (Å²) in [5, 5.41) is 37.4. The Balaban J connectivity index is 1.60. The van der Waals surface area contributed by atoms with Gasteiger partial charge in [0.2, 0.25) is 5.79 Å². The highest BCUT2D eigenvalue weighted by Crippen LogP contribution is 2.62. The summed E-state index contributed by atoms with van der Waals surface area (Å²) in [6.07, 6.45) is 10.5. The van der Waals surface area contributed by atoms with Gasteiger partial charge in [0.05, 0.1) is 31.4 Å². The van der Waals surface area contributed by atoms with Crippen molar-refractivity contribution in [3.8, 4) is 11.5 Å². The predicted octanol–water partition coefficient (Wildman–Crippen LogP) is 8.41. The van der Waals surface area contributed by atoms with Crippen molar-refractivity contribution in [2.45, 2.75) is 82.6 Å². The number of oxime groups is 1. The summed E-state index contributed by atoms with van der Waals surface area (Å²) in [6.45, 7) is 10.8. The molecular formula is C45H56N2O8. The molecule has 6 unspecified atom stereocenters. The molecule has 2 aliphatic carbocycles. The van der Waals surface area contributed by atoms with Crippen LogP contribution in [0.25, 0.3) is 10.8 Å². The lowest BCUT2D eigenvalue weighted by atomic mass is 9.55. The van der Waals surface area contributed by atoms with E-state index in [1.165, 1.54) is 0 Å². The Bertz CT molecular complexity index is 1850. The summed E-state index contributed by atoms with van der Waals surface area (Å²) in [7, 11) is 0. The van der Waals surface area contributed by atoms with Crippen molar-refractivity contribution in [3.05, 3.63) is 109 Å². The first-order chi connectivity index (χ1) is 26.9. The highest BCUT2D eigenvalue weighted by atomic mass is 16.7. The average Bonchev–Trinajstić information content (AvgIpc) is 3.20. The maximum Gasteiger partial charge on any atom is 0.410 e. The van der Waals surface area contributed by atoms with Crippen molar-refractivity contribution in [1.29, 1.82) is 0 Å². The Hall–Kier alpha value is -4.64. The zero-order valence-corrected chi connectivity index (χ0v) is 32.0. The van der Waals surface area contributed by atoms with E-state index in [1.54, 1.807) is 35.3 Å². The smallest absolute Gasteiger partial charge is 0.410 e. The molecule has 1 heterocycles. The van der Waals surface area contributed by atoms with Crippen LogP contribution in [0.3, 0.4) is 0 Å². The van der Waals surface area contributed by atoms with E-state index in [0.717, 1.165) is 53.2 Å². The average molecular weight is 753 g/mol. The number of phenols is 1. The lowest BCUT2D eigenvalue weighted by molar-refractivity contribution is -0.256. The van der Waals surface area contributed by atoms with Gasteiger partial charge in [0, 0.05) is 31.1 Å². The second-order valence-corrected chi connectivity index (χ2v) is 14.7. The fraction of sp³-hybridized carbons (Fsp3) is 0.467. The van der Waals surface area contributed by atoms with Crippen LogP contribution in [0.15, 0.2) is 103 Å². The molecule has 10 nitrogen and oxygen atoms in total. The highest BCUT2D eigenvalue weighted by Gasteiger charge is 2.65. The standard InChI is InChI=1S/C45H56N2O8/c1-4-7-26-52-44(51)47(30-33-18-14-17-31-15-8-9-19-35(31)33)41-29-39(46-54-6-3)37-27-32(16-10-12-23-48)36(20-11-13-24-49)42-38-28-34(50)21-22-40(38)55-45(41,43(37)42)53-25-5-2/h4-5,8-9,14-15,17-19,21-22,27-28,32,36,41-43,48-50H,1-2,6-7,10-13,16,20,23-26,29-30H2,3H3. The number of carbonyl (C=O) groups excluding carboxylic acids is 1. The molecule has 55 heavy (non-hydrogen) atoms. The number of aliphatic hydroxyl groups is 2. The van der Waals surface area contributed by atoms with Crippen molar-refractivity contribution in [1.82, 2.24) is 4.90 Å². The summed E-state index contributed by atoms with van der Waals surface area (Å²) in [5.74, 6) is -1.31. The van der Waals surface area contributed by atoms with Gasteiger partial charge in [-0.15, -0.1) is 13.2 Å². The van der Waals surface area contributed by atoms with Gasteiger partial charge in [0.1, 0.15) is 24.1 Å². The van der Waals surface area contributed by atoms with Crippen LogP contribution in [0.2, 0.25) is 0 Å². The first-order valence-corrected chi connectivity index (χ1v) is 19.8. The number of nitrogens with zero attached hydrogens (tertiary/aromatic N) is 2. The monoisotopic (exact) mass is 752 g/mol. The molecule has 1 amide bonds. The number of carbonyl (C=O) groups is 1. The minimum atomic E-state index is -1.44. The second-order valence-electron chi connectivity index (χ2n) is 14.7. The fourth-order valence-electron chi connectivity index (χ4n) is 9.03. The van der Waals surface area contributed by atoms with Crippen LogP contribution in [-0.2, 0) is 20.9 Å². The Morgan fingerprint density at radius 1 is 1.02 bits per heavy atom. The molecule has 0 aromatic heterocycles. The fourth-order valence-corrected chi connectivity index (χ4v) is 9.03. The summed E-state index contributed by atoms with van der Waals surface area (Å²) in [5.41, 5.74) is 3.44. The normalized spacial score (nSPS) is 24.6. The lowest BCUT2D eigenvalue weighted by Crippen LogP contribution is -2.70. The molecule has 6 rings (SSSR count). The van der Waals surface area contributed by atoms with E-state index in [1.807, 2.05) is 31.2 Å². The van der Waals surface area contributed by atoms with Gasteiger partial charge < -0.3 is 34.4 Å². The number of hydrogen-bond donors (Lipinski definition) is 3. The third kappa shape index (κ3) is 8.47. The molecule has 6 atom stereocenters. The minimum Gasteiger partial charge on any atom is -0.508 e. The van der Waals surface area contributed by atoms with Crippen LogP contribution in [0.4, 0.5) is 4.79 Å². The summed E-state index contributed by atoms with van der Waals surface area (Å²) < 4.78 is 20.2. The molecule has 294 valence electrons. The Kier molecular flexibility index (Phi) is 13.7. The van der Waals surface area contributed by atoms with Gasteiger partial charge in [-0.3, -0.25) is 4.90 Å². The van der Waals surface area contributed by atoms with Crippen LogP contribution in [0, 0.1) is 17.8 Å². The number of aliphatic hydroxyl groups excluding tert-OH is 2. The topological polar surface area (TPSA) is 130 Å². The second kappa shape index (κ2) is 18.8. The number of phenolic OH excluding ortho intramolecular Hbond substituents is 1. The molecule has 3 aliphatic rings. The number of fused-ring (bicyclic) bond motifs is 3. The molecule has 3 aromatic carbocycles. The van der Waals surface area contributed by atoms with Crippen LogP contribution < -0.4 is 4.74 Å². The van der Waals surface area contributed by atoms with Crippen molar-refractivity contribution < 1.29 is 39.2 Å². The van der Waals surface area contributed by atoms with Gasteiger partial charge in [-0.2, -0.15) is 0 Å². The van der Waals surface area contributed by atoms with E-state index in [4.69, 9.17) is 24.2 Å². The van der Waals surface area contributed by atoms with Gasteiger partial charge in [0.15, 0.2) is 0 Å². The Morgan fingerprint density at radius 2 is 1.80 bits per heavy atom. The molecule has 10 heteroatoms. The van der Waals surface area contributed by atoms with E-state index in [0.29, 0.717) is 37.3 Å². The van der Waals surface area contributed by atoms with Crippen LogP contribution in [0.5, 0.6) is 11.5 Å². The SMILES string of the molecule is C=CCCOC(=O)N(Cc1cccc2ccccc12)C1CC(=NOCC)C2=CC(CCCCO)C(CCCCO)C3c4cc(O)ccc4OC1(OCC=C)C23. The number of hydrogen-bond acceptors (Lipinski definition) is 9. The third-order valence-electron chi connectivity index (χ3n) is 11.3. The molecule has 3 N–H and O–H groups in total. The summed E-state index contributed by atoms with van der Waals surface area (Å²) >= 11 is 0. The quantitative estimate of drug-likeness (QED) is 0.0633.